The molecule has 0 radical (unpaired) electrons. The molecule has 3 aromatic heterocycles. The Bertz CT molecular complexity index is 673. The molecule has 90 valence electrons. The van der Waals surface area contributed by atoms with E-state index in [1.54, 1.807) is 12.4 Å². The van der Waals surface area contributed by atoms with Crippen LogP contribution in [0.4, 0.5) is 0 Å². The molecule has 0 spiro atoms. The van der Waals surface area contributed by atoms with E-state index in [2.05, 4.69) is 9.97 Å². The average Bonchev–Trinajstić information content (AvgIpc) is 2.75. The first-order chi connectivity index (χ1) is 8.77. The number of nitrogens with zero attached hydrogens (tertiary/aromatic N) is 3. The molecule has 0 aliphatic rings. The monoisotopic (exact) mass is 238 g/mol. The number of rotatable bonds is 2. The van der Waals surface area contributed by atoms with Crippen molar-refractivity contribution >= 4 is 5.65 Å². The van der Waals surface area contributed by atoms with Gasteiger partial charge < -0.3 is 10.1 Å². The van der Waals surface area contributed by atoms with Gasteiger partial charge in [0.1, 0.15) is 5.65 Å². The van der Waals surface area contributed by atoms with E-state index in [1.165, 1.54) is 0 Å². The zero-order valence-electron chi connectivity index (χ0n) is 10.1. The standard InChI is InChI=1S/C14H14N4/c1-10-14(13(15)11-5-7-16-8-6-11)18-9-3-2-4-12(18)17-10/h2-9,13H,15H2,1H3. The summed E-state index contributed by atoms with van der Waals surface area (Å²) in [5.74, 6) is 0. The Balaban J connectivity index is 2.17. The van der Waals surface area contributed by atoms with Crippen molar-refractivity contribution in [2.75, 3.05) is 0 Å². The van der Waals surface area contributed by atoms with Crippen molar-refractivity contribution in [2.24, 2.45) is 5.73 Å². The van der Waals surface area contributed by atoms with Crippen LogP contribution in [-0.2, 0) is 0 Å². The average molecular weight is 238 g/mol. The summed E-state index contributed by atoms with van der Waals surface area (Å²) in [6.07, 6.45) is 5.51. The normalized spacial score (nSPS) is 12.8. The lowest BCUT2D eigenvalue weighted by Crippen LogP contribution is -2.15. The number of hydrogen-bond acceptors (Lipinski definition) is 3. The molecule has 1 unspecified atom stereocenters. The van der Waals surface area contributed by atoms with Gasteiger partial charge in [-0.15, -0.1) is 0 Å². The van der Waals surface area contributed by atoms with Crippen molar-refractivity contribution < 1.29 is 0 Å². The van der Waals surface area contributed by atoms with E-state index in [-0.39, 0.29) is 6.04 Å². The van der Waals surface area contributed by atoms with Crippen LogP contribution < -0.4 is 5.73 Å². The molecule has 3 rings (SSSR count). The van der Waals surface area contributed by atoms with Crippen molar-refractivity contribution in [3.8, 4) is 0 Å². The fourth-order valence-corrected chi connectivity index (χ4v) is 2.24. The number of fused-ring (bicyclic) bond motifs is 1. The Morgan fingerprint density at radius 3 is 2.72 bits per heavy atom. The van der Waals surface area contributed by atoms with E-state index in [9.17, 15) is 0 Å². The van der Waals surface area contributed by atoms with E-state index in [1.807, 2.05) is 47.9 Å². The van der Waals surface area contributed by atoms with Crippen LogP contribution in [0.1, 0.15) is 23.0 Å². The topological polar surface area (TPSA) is 56.2 Å². The zero-order valence-corrected chi connectivity index (χ0v) is 10.1. The number of nitrogens with two attached hydrogens (primary N) is 1. The van der Waals surface area contributed by atoms with Gasteiger partial charge in [0.25, 0.3) is 0 Å². The quantitative estimate of drug-likeness (QED) is 0.743. The second-order valence-corrected chi connectivity index (χ2v) is 4.27. The Hall–Kier alpha value is -2.20. The minimum absolute atomic E-state index is 0.189. The van der Waals surface area contributed by atoms with Gasteiger partial charge in [-0.25, -0.2) is 4.98 Å². The predicted octanol–water partition coefficient (Wildman–Crippen LogP) is 2.09. The van der Waals surface area contributed by atoms with Gasteiger partial charge in [0.15, 0.2) is 0 Å². The Kier molecular flexibility index (Phi) is 2.57. The molecule has 4 nitrogen and oxygen atoms in total. The molecule has 3 aromatic rings. The Morgan fingerprint density at radius 1 is 1.17 bits per heavy atom. The first kappa shape index (κ1) is 10.9. The summed E-state index contributed by atoms with van der Waals surface area (Å²) in [4.78, 5) is 8.54. The van der Waals surface area contributed by atoms with E-state index in [4.69, 9.17) is 5.73 Å². The van der Waals surface area contributed by atoms with Crippen LogP contribution in [0.25, 0.3) is 5.65 Å². The third kappa shape index (κ3) is 1.67. The molecule has 0 aromatic carbocycles. The third-order valence-corrected chi connectivity index (χ3v) is 3.11. The lowest BCUT2D eigenvalue weighted by molar-refractivity contribution is 0.803. The summed E-state index contributed by atoms with van der Waals surface area (Å²) in [6, 6.07) is 9.63. The van der Waals surface area contributed by atoms with Crippen LogP contribution in [0.3, 0.4) is 0 Å². The van der Waals surface area contributed by atoms with Gasteiger partial charge in [-0.2, -0.15) is 0 Å². The molecule has 3 heterocycles. The van der Waals surface area contributed by atoms with E-state index >= 15 is 0 Å². The molecular formula is C14H14N4. The maximum atomic E-state index is 6.34. The Morgan fingerprint density at radius 2 is 1.94 bits per heavy atom. The van der Waals surface area contributed by atoms with Crippen molar-refractivity contribution in [1.82, 2.24) is 14.4 Å². The molecule has 1 atom stereocenters. The van der Waals surface area contributed by atoms with Crippen LogP contribution in [0, 0.1) is 6.92 Å². The number of pyridine rings is 2. The van der Waals surface area contributed by atoms with Gasteiger partial charge in [-0.05, 0) is 36.8 Å². The first-order valence-electron chi connectivity index (χ1n) is 5.86. The highest BCUT2D eigenvalue weighted by atomic mass is 15.0. The molecule has 0 aliphatic carbocycles. The molecule has 0 fully saturated rings. The van der Waals surface area contributed by atoms with Crippen LogP contribution in [-0.4, -0.2) is 14.4 Å². The van der Waals surface area contributed by atoms with Gasteiger partial charge in [0.05, 0.1) is 17.4 Å². The molecule has 4 heteroatoms. The Labute approximate surface area is 105 Å². The van der Waals surface area contributed by atoms with Crippen molar-refractivity contribution in [3.63, 3.8) is 0 Å². The molecule has 0 saturated carbocycles. The summed E-state index contributed by atoms with van der Waals surface area (Å²) >= 11 is 0. The molecule has 18 heavy (non-hydrogen) atoms. The number of hydrogen-bond donors (Lipinski definition) is 1. The number of aromatic nitrogens is 3. The van der Waals surface area contributed by atoms with Crippen molar-refractivity contribution in [3.05, 3.63) is 65.9 Å². The van der Waals surface area contributed by atoms with Gasteiger partial charge >= 0.3 is 0 Å². The smallest absolute Gasteiger partial charge is 0.137 e. The lowest BCUT2D eigenvalue weighted by atomic mass is 10.1. The van der Waals surface area contributed by atoms with Crippen LogP contribution in [0.5, 0.6) is 0 Å². The highest BCUT2D eigenvalue weighted by Crippen LogP contribution is 2.23. The molecular weight excluding hydrogens is 224 g/mol. The molecule has 2 N–H and O–H groups in total. The SMILES string of the molecule is Cc1nc2ccccn2c1C(N)c1ccncc1. The first-order valence-corrected chi connectivity index (χ1v) is 5.86. The van der Waals surface area contributed by atoms with Gasteiger partial charge in [0, 0.05) is 18.6 Å². The van der Waals surface area contributed by atoms with E-state index < -0.39 is 0 Å². The highest BCUT2D eigenvalue weighted by molar-refractivity contribution is 5.45. The largest absolute Gasteiger partial charge is 0.319 e. The number of aryl methyl sites for hydroxylation is 1. The van der Waals surface area contributed by atoms with E-state index in [0.29, 0.717) is 0 Å². The second-order valence-electron chi connectivity index (χ2n) is 4.27. The third-order valence-electron chi connectivity index (χ3n) is 3.11. The minimum atomic E-state index is -0.189. The summed E-state index contributed by atoms with van der Waals surface area (Å²) in [5.41, 5.74) is 10.3. The van der Waals surface area contributed by atoms with Gasteiger partial charge in [0.2, 0.25) is 0 Å². The van der Waals surface area contributed by atoms with E-state index in [0.717, 1.165) is 22.6 Å². The summed E-state index contributed by atoms with van der Waals surface area (Å²) in [5, 5.41) is 0. The zero-order chi connectivity index (χ0) is 12.5. The fraction of sp³-hybridized carbons (Fsp3) is 0.143. The van der Waals surface area contributed by atoms with Gasteiger partial charge in [-0.3, -0.25) is 4.98 Å². The van der Waals surface area contributed by atoms with Crippen LogP contribution in [0.15, 0.2) is 48.9 Å². The van der Waals surface area contributed by atoms with Gasteiger partial charge in [-0.1, -0.05) is 6.07 Å². The fourth-order valence-electron chi connectivity index (χ4n) is 2.24. The molecule has 0 aliphatic heterocycles. The summed E-state index contributed by atoms with van der Waals surface area (Å²) in [6.45, 7) is 1.99. The summed E-state index contributed by atoms with van der Waals surface area (Å²) < 4.78 is 2.04. The second kappa shape index (κ2) is 4.23. The maximum absolute atomic E-state index is 6.34. The van der Waals surface area contributed by atoms with Crippen molar-refractivity contribution in [2.45, 2.75) is 13.0 Å². The molecule has 0 bridgehead atoms. The predicted molar refractivity (Wildman–Crippen MR) is 70.2 cm³/mol. The van der Waals surface area contributed by atoms with Crippen LogP contribution >= 0.6 is 0 Å². The maximum Gasteiger partial charge on any atom is 0.137 e. The van der Waals surface area contributed by atoms with Crippen LogP contribution in [0.2, 0.25) is 0 Å². The number of imidazole rings is 1. The highest BCUT2D eigenvalue weighted by Gasteiger charge is 2.17. The summed E-state index contributed by atoms with van der Waals surface area (Å²) in [7, 11) is 0. The lowest BCUT2D eigenvalue weighted by Gasteiger charge is -2.12. The minimum Gasteiger partial charge on any atom is -0.319 e. The molecule has 0 amide bonds. The van der Waals surface area contributed by atoms with Crippen molar-refractivity contribution in [1.29, 1.82) is 0 Å². The molecule has 0 saturated heterocycles.